The van der Waals surface area contributed by atoms with Crippen molar-refractivity contribution in [1.82, 2.24) is 4.90 Å². The highest BCUT2D eigenvalue weighted by atomic mass is 32.2. The Labute approximate surface area is 195 Å². The Bertz CT molecular complexity index is 1100. The fourth-order valence-electron chi connectivity index (χ4n) is 4.02. The van der Waals surface area contributed by atoms with Crippen LogP contribution in [0.25, 0.3) is 0 Å². The lowest BCUT2D eigenvalue weighted by Gasteiger charge is -2.37. The van der Waals surface area contributed by atoms with Gasteiger partial charge in [-0.25, -0.2) is 8.42 Å². The van der Waals surface area contributed by atoms with Gasteiger partial charge in [0.15, 0.2) is 0 Å². The van der Waals surface area contributed by atoms with Crippen molar-refractivity contribution in [3.8, 4) is 0 Å². The average Bonchev–Trinajstić information content (AvgIpc) is 2.76. The van der Waals surface area contributed by atoms with E-state index in [2.05, 4.69) is 28.8 Å². The predicted molar refractivity (Wildman–Crippen MR) is 129 cm³/mol. The Morgan fingerprint density at radius 3 is 2.36 bits per heavy atom. The van der Waals surface area contributed by atoms with Gasteiger partial charge in [-0.3, -0.25) is 19.7 Å². The van der Waals surface area contributed by atoms with Crippen molar-refractivity contribution < 1.29 is 18.1 Å². The highest BCUT2D eigenvalue weighted by Gasteiger charge is 2.26. The molecule has 3 rings (SSSR count). The third-order valence-corrected chi connectivity index (χ3v) is 7.25. The zero-order chi connectivity index (χ0) is 24.2. The molecule has 1 aliphatic rings. The second kappa shape index (κ2) is 10.5. The maximum absolute atomic E-state index is 12.9. The number of nitro groups is 1. The summed E-state index contributed by atoms with van der Waals surface area (Å²) in [5.74, 6) is 0.330. The zero-order valence-electron chi connectivity index (χ0n) is 19.5. The summed E-state index contributed by atoms with van der Waals surface area (Å²) in [7, 11) is -3.99. The molecule has 1 saturated heterocycles. The molecule has 33 heavy (non-hydrogen) atoms. The normalized spacial score (nSPS) is 15.9. The quantitative estimate of drug-likeness (QED) is 0.418. The van der Waals surface area contributed by atoms with E-state index < -0.39 is 14.9 Å². The van der Waals surface area contributed by atoms with Crippen LogP contribution >= 0.6 is 0 Å². The van der Waals surface area contributed by atoms with Gasteiger partial charge in [0.1, 0.15) is 5.69 Å². The van der Waals surface area contributed by atoms with Crippen molar-refractivity contribution in [3.05, 3.63) is 57.6 Å². The Balaban J connectivity index is 1.81. The van der Waals surface area contributed by atoms with Gasteiger partial charge in [0.05, 0.1) is 28.7 Å². The summed E-state index contributed by atoms with van der Waals surface area (Å²) >= 11 is 0. The summed E-state index contributed by atoms with van der Waals surface area (Å²) in [6, 6.07) is 9.49. The van der Waals surface area contributed by atoms with Crippen LogP contribution in [0, 0.1) is 29.9 Å². The molecule has 2 aromatic carbocycles. The van der Waals surface area contributed by atoms with E-state index in [9.17, 15) is 18.5 Å². The van der Waals surface area contributed by atoms with Gasteiger partial charge in [-0.05, 0) is 43.5 Å². The number of hydrogen-bond donors (Lipinski definition) is 2. The molecule has 0 bridgehead atoms. The first-order chi connectivity index (χ1) is 15.6. The molecule has 0 aliphatic carbocycles. The van der Waals surface area contributed by atoms with Crippen molar-refractivity contribution >= 4 is 27.1 Å². The van der Waals surface area contributed by atoms with Crippen LogP contribution in [0.5, 0.6) is 0 Å². The maximum Gasteiger partial charge on any atom is 0.293 e. The molecule has 0 saturated carbocycles. The molecule has 1 heterocycles. The molecule has 180 valence electrons. The van der Waals surface area contributed by atoms with Crippen LogP contribution in [0.2, 0.25) is 0 Å². The number of anilines is 2. The molecule has 1 fully saturated rings. The number of benzene rings is 2. The molecular formula is C23H32N4O5S. The third-order valence-electron chi connectivity index (χ3n) is 5.89. The molecule has 1 aliphatic heterocycles. The van der Waals surface area contributed by atoms with Crippen LogP contribution in [-0.2, 0) is 14.8 Å². The maximum atomic E-state index is 12.9. The molecule has 2 N–H and O–H groups in total. The van der Waals surface area contributed by atoms with Crippen molar-refractivity contribution in [2.75, 3.05) is 42.9 Å². The van der Waals surface area contributed by atoms with E-state index in [0.717, 1.165) is 30.3 Å². The van der Waals surface area contributed by atoms with Gasteiger partial charge in [-0.2, -0.15) is 0 Å². The lowest BCUT2D eigenvalue weighted by molar-refractivity contribution is -0.384. The van der Waals surface area contributed by atoms with Crippen molar-refractivity contribution in [3.63, 3.8) is 0 Å². The van der Waals surface area contributed by atoms with E-state index in [4.69, 9.17) is 4.74 Å². The third kappa shape index (κ3) is 6.21. The highest BCUT2D eigenvalue weighted by molar-refractivity contribution is 7.92. The van der Waals surface area contributed by atoms with Crippen LogP contribution in [-0.4, -0.2) is 57.1 Å². The van der Waals surface area contributed by atoms with Crippen molar-refractivity contribution in [2.45, 2.75) is 38.6 Å². The average molecular weight is 477 g/mol. The van der Waals surface area contributed by atoms with E-state index in [1.807, 2.05) is 13.0 Å². The number of ether oxygens (including phenoxy) is 1. The lowest BCUT2D eigenvalue weighted by Crippen LogP contribution is -2.49. The summed E-state index contributed by atoms with van der Waals surface area (Å²) in [4.78, 5) is 13.4. The number of sulfonamides is 1. The van der Waals surface area contributed by atoms with Gasteiger partial charge in [0, 0.05) is 31.7 Å². The molecule has 0 aromatic heterocycles. The topological polar surface area (TPSA) is 114 Å². The van der Waals surface area contributed by atoms with Crippen LogP contribution in [0.1, 0.15) is 25.0 Å². The molecule has 1 atom stereocenters. The Kier molecular flexibility index (Phi) is 7.93. The largest absolute Gasteiger partial charge is 0.379 e. The number of morpholine rings is 1. The Morgan fingerprint density at radius 2 is 1.76 bits per heavy atom. The molecule has 10 heteroatoms. The molecule has 9 nitrogen and oxygen atoms in total. The van der Waals surface area contributed by atoms with Crippen LogP contribution in [0.3, 0.4) is 0 Å². The van der Waals surface area contributed by atoms with Crippen LogP contribution < -0.4 is 10.0 Å². The van der Waals surface area contributed by atoms with Gasteiger partial charge in [-0.1, -0.05) is 31.5 Å². The summed E-state index contributed by atoms with van der Waals surface area (Å²) in [5, 5.41) is 14.9. The van der Waals surface area contributed by atoms with E-state index >= 15 is 0 Å². The predicted octanol–water partition coefficient (Wildman–Crippen LogP) is 3.78. The second-order valence-corrected chi connectivity index (χ2v) is 10.4. The van der Waals surface area contributed by atoms with Gasteiger partial charge >= 0.3 is 0 Å². The molecule has 0 spiro atoms. The minimum atomic E-state index is -3.99. The van der Waals surface area contributed by atoms with Crippen molar-refractivity contribution in [1.29, 1.82) is 0 Å². The fourth-order valence-corrected chi connectivity index (χ4v) is 5.17. The number of nitro benzene ring substituents is 1. The number of hydrogen-bond acceptors (Lipinski definition) is 7. The lowest BCUT2D eigenvalue weighted by atomic mass is 10.0. The summed E-state index contributed by atoms with van der Waals surface area (Å²) in [5.41, 5.74) is 2.25. The van der Waals surface area contributed by atoms with Crippen molar-refractivity contribution in [2.24, 2.45) is 5.92 Å². The number of nitrogens with one attached hydrogen (secondary N) is 2. The van der Waals surface area contributed by atoms with E-state index in [1.54, 1.807) is 19.1 Å². The second-order valence-electron chi connectivity index (χ2n) is 8.70. The SMILES string of the molecule is Cc1ccc(NS(=O)(=O)c2ccc(NC[C@H](C(C)C)N3CCOCC3)c([N+](=O)[O-])c2)c(C)c1. The summed E-state index contributed by atoms with van der Waals surface area (Å²) in [6.07, 6.45) is 0. The molecular weight excluding hydrogens is 444 g/mol. The first kappa shape index (κ1) is 24.9. The van der Waals surface area contributed by atoms with E-state index in [-0.39, 0.29) is 16.6 Å². The van der Waals surface area contributed by atoms with Gasteiger partial charge in [0.2, 0.25) is 0 Å². The standard InChI is InChI=1S/C23H32N4O5S/c1-16(2)23(26-9-11-32-12-10-26)15-24-21-8-6-19(14-22(21)27(28)29)33(30,31)25-20-7-5-17(3)13-18(20)4/h5-8,13-14,16,23-25H,9-12,15H2,1-4H3/t23-/m1/s1. The minimum Gasteiger partial charge on any atom is -0.379 e. The smallest absolute Gasteiger partial charge is 0.293 e. The van der Waals surface area contributed by atoms with Gasteiger partial charge in [-0.15, -0.1) is 0 Å². The number of rotatable bonds is 9. The molecule has 0 radical (unpaired) electrons. The highest BCUT2D eigenvalue weighted by Crippen LogP contribution is 2.30. The minimum absolute atomic E-state index is 0.159. The van der Waals surface area contributed by atoms with Gasteiger partial charge in [0.25, 0.3) is 15.7 Å². The zero-order valence-corrected chi connectivity index (χ0v) is 20.3. The number of aryl methyl sites for hydroxylation is 2. The monoisotopic (exact) mass is 476 g/mol. The fraction of sp³-hybridized carbons (Fsp3) is 0.478. The van der Waals surface area contributed by atoms with Gasteiger partial charge < -0.3 is 10.1 Å². The van der Waals surface area contributed by atoms with E-state index in [0.29, 0.717) is 37.1 Å². The first-order valence-corrected chi connectivity index (χ1v) is 12.5. The summed E-state index contributed by atoms with van der Waals surface area (Å²) < 4.78 is 33.8. The Hall–Kier alpha value is -2.69. The van der Waals surface area contributed by atoms with Crippen LogP contribution in [0.4, 0.5) is 17.1 Å². The Morgan fingerprint density at radius 1 is 1.09 bits per heavy atom. The molecule has 2 aromatic rings. The molecule has 0 unspecified atom stereocenters. The summed E-state index contributed by atoms with van der Waals surface area (Å²) in [6.45, 7) is 11.4. The molecule has 0 amide bonds. The van der Waals surface area contributed by atoms with Crippen LogP contribution in [0.15, 0.2) is 41.3 Å². The number of nitrogens with zero attached hydrogens (tertiary/aromatic N) is 2. The van der Waals surface area contributed by atoms with E-state index in [1.165, 1.54) is 12.1 Å². The first-order valence-electron chi connectivity index (χ1n) is 11.0.